The summed E-state index contributed by atoms with van der Waals surface area (Å²) in [4.78, 5) is 16.7. The van der Waals surface area contributed by atoms with Crippen LogP contribution >= 0.6 is 11.8 Å². The van der Waals surface area contributed by atoms with Gasteiger partial charge in [-0.3, -0.25) is 4.79 Å². The normalized spacial score (nSPS) is 11.3. The first-order chi connectivity index (χ1) is 13.7. The van der Waals surface area contributed by atoms with E-state index in [-0.39, 0.29) is 23.3 Å². The van der Waals surface area contributed by atoms with Gasteiger partial charge in [0.1, 0.15) is 5.52 Å². The van der Waals surface area contributed by atoms with Crippen LogP contribution in [-0.4, -0.2) is 41.7 Å². The van der Waals surface area contributed by atoms with E-state index in [1.54, 1.807) is 0 Å². The van der Waals surface area contributed by atoms with Gasteiger partial charge in [-0.05, 0) is 22.8 Å². The van der Waals surface area contributed by atoms with Crippen LogP contribution < -0.4 is 11.1 Å². The Labute approximate surface area is 163 Å². The van der Waals surface area contributed by atoms with E-state index in [9.17, 15) is 4.79 Å². The zero-order chi connectivity index (χ0) is 19.5. The summed E-state index contributed by atoms with van der Waals surface area (Å²) in [5.74, 6) is -0.116. The van der Waals surface area contributed by atoms with Gasteiger partial charge in [0.05, 0.1) is 11.3 Å². The number of aryl methyl sites for hydroxylation is 1. The number of nitrogens with zero attached hydrogens (tertiary/aromatic N) is 6. The quantitative estimate of drug-likeness (QED) is 0.449. The van der Waals surface area contributed by atoms with Gasteiger partial charge in [0.25, 0.3) is 0 Å². The van der Waals surface area contributed by atoms with Gasteiger partial charge in [0, 0.05) is 11.9 Å². The van der Waals surface area contributed by atoms with Crippen LogP contribution in [0.15, 0.2) is 34.1 Å². The van der Waals surface area contributed by atoms with Crippen molar-refractivity contribution in [3.8, 4) is 0 Å². The lowest BCUT2D eigenvalue weighted by molar-refractivity contribution is -0.113. The highest BCUT2D eigenvalue weighted by Crippen LogP contribution is 2.27. The van der Waals surface area contributed by atoms with E-state index in [0.717, 1.165) is 41.5 Å². The Bertz CT molecular complexity index is 1140. The molecule has 3 heterocycles. The maximum atomic E-state index is 12.1. The second-order valence-corrected chi connectivity index (χ2v) is 7.07. The molecule has 11 heteroatoms. The number of fused-ring (bicyclic) bond motifs is 3. The van der Waals surface area contributed by atoms with Gasteiger partial charge in [-0.15, -0.1) is 10.2 Å². The summed E-state index contributed by atoms with van der Waals surface area (Å²) in [6, 6.07) is 8.06. The molecule has 1 aromatic carbocycles. The number of nitrogens with two attached hydrogens (primary N) is 1. The molecule has 0 saturated heterocycles. The summed E-state index contributed by atoms with van der Waals surface area (Å²) in [7, 11) is 0. The van der Waals surface area contributed by atoms with Gasteiger partial charge < -0.3 is 15.6 Å². The fraction of sp³-hybridized carbons (Fsp3) is 0.294. The standard InChI is InChI=1S/C17H18N8O2S/c1-2-3-8-25-11-7-5-4-6-10(11)13-16(25)20-17(22-21-13)28-9-12(26)19-15-14(18)23-27-24-15/h4-7H,2-3,8-9H2,1H3,(H2,18,23)(H,19,24,26). The molecule has 3 aromatic heterocycles. The minimum atomic E-state index is -0.317. The Morgan fingerprint density at radius 2 is 2.14 bits per heavy atom. The van der Waals surface area contributed by atoms with Crippen LogP contribution in [0.3, 0.4) is 0 Å². The first-order valence-electron chi connectivity index (χ1n) is 8.79. The number of rotatable bonds is 7. The fourth-order valence-corrected chi connectivity index (χ4v) is 3.46. The number of amides is 1. The van der Waals surface area contributed by atoms with E-state index in [1.807, 2.05) is 18.2 Å². The van der Waals surface area contributed by atoms with Gasteiger partial charge in [0.15, 0.2) is 5.65 Å². The molecule has 0 aliphatic rings. The van der Waals surface area contributed by atoms with Crippen LogP contribution in [0.25, 0.3) is 22.1 Å². The summed E-state index contributed by atoms with van der Waals surface area (Å²) in [6.07, 6.45) is 2.12. The van der Waals surface area contributed by atoms with Crippen molar-refractivity contribution in [2.75, 3.05) is 16.8 Å². The lowest BCUT2D eigenvalue weighted by atomic mass is 10.2. The Balaban J connectivity index is 1.57. The second-order valence-electron chi connectivity index (χ2n) is 6.12. The van der Waals surface area contributed by atoms with Crippen LogP contribution in [-0.2, 0) is 11.3 Å². The smallest absolute Gasteiger partial charge is 0.236 e. The van der Waals surface area contributed by atoms with Crippen molar-refractivity contribution in [2.24, 2.45) is 0 Å². The zero-order valence-electron chi connectivity index (χ0n) is 15.1. The molecule has 4 aromatic rings. The maximum Gasteiger partial charge on any atom is 0.236 e. The van der Waals surface area contributed by atoms with Crippen molar-refractivity contribution >= 4 is 51.4 Å². The Hall–Kier alpha value is -3.21. The molecule has 3 N–H and O–H groups in total. The predicted molar refractivity (Wildman–Crippen MR) is 106 cm³/mol. The minimum absolute atomic E-state index is 0.0260. The molecule has 28 heavy (non-hydrogen) atoms. The highest BCUT2D eigenvalue weighted by atomic mass is 32.2. The van der Waals surface area contributed by atoms with Crippen LogP contribution in [0.2, 0.25) is 0 Å². The molecule has 4 rings (SSSR count). The molecular formula is C17H18N8O2S. The summed E-state index contributed by atoms with van der Waals surface area (Å²) in [5.41, 5.74) is 8.15. The van der Waals surface area contributed by atoms with E-state index in [4.69, 9.17) is 5.73 Å². The second kappa shape index (κ2) is 7.80. The minimum Gasteiger partial charge on any atom is -0.378 e. The molecule has 144 valence electrons. The number of anilines is 2. The van der Waals surface area contributed by atoms with E-state index in [1.165, 1.54) is 11.8 Å². The third-order valence-electron chi connectivity index (χ3n) is 4.19. The topological polar surface area (TPSA) is 138 Å². The van der Waals surface area contributed by atoms with Gasteiger partial charge in [-0.1, -0.05) is 43.3 Å². The Kier molecular flexibility index (Phi) is 5.06. The molecule has 0 radical (unpaired) electrons. The Morgan fingerprint density at radius 1 is 1.29 bits per heavy atom. The summed E-state index contributed by atoms with van der Waals surface area (Å²) >= 11 is 1.18. The molecule has 0 atom stereocenters. The zero-order valence-corrected chi connectivity index (χ0v) is 15.9. The lowest BCUT2D eigenvalue weighted by Gasteiger charge is -2.05. The summed E-state index contributed by atoms with van der Waals surface area (Å²) in [5, 5.41) is 19.4. The van der Waals surface area contributed by atoms with Crippen molar-refractivity contribution < 1.29 is 9.42 Å². The van der Waals surface area contributed by atoms with Crippen molar-refractivity contribution in [3.63, 3.8) is 0 Å². The van der Waals surface area contributed by atoms with Crippen LogP contribution in [0.4, 0.5) is 11.6 Å². The number of aromatic nitrogens is 6. The third kappa shape index (κ3) is 3.48. The van der Waals surface area contributed by atoms with Crippen molar-refractivity contribution in [1.29, 1.82) is 0 Å². The SMILES string of the molecule is CCCCn1c2ccccc2c2nnc(SCC(=O)Nc3nonc3N)nc21. The number of hydrogen-bond acceptors (Lipinski definition) is 9. The van der Waals surface area contributed by atoms with Gasteiger partial charge in [-0.2, -0.15) is 0 Å². The molecule has 0 aliphatic heterocycles. The highest BCUT2D eigenvalue weighted by molar-refractivity contribution is 7.99. The average Bonchev–Trinajstić information content (AvgIpc) is 3.25. The number of carbonyl (C=O) groups excluding carboxylic acids is 1. The number of hydrogen-bond donors (Lipinski definition) is 2. The van der Waals surface area contributed by atoms with Crippen LogP contribution in [0, 0.1) is 0 Å². The fourth-order valence-electron chi connectivity index (χ4n) is 2.87. The van der Waals surface area contributed by atoms with E-state index in [2.05, 4.69) is 53.0 Å². The average molecular weight is 398 g/mol. The summed E-state index contributed by atoms with van der Waals surface area (Å²) < 4.78 is 6.61. The lowest BCUT2D eigenvalue weighted by Crippen LogP contribution is -2.15. The van der Waals surface area contributed by atoms with E-state index in [0.29, 0.717) is 5.16 Å². The van der Waals surface area contributed by atoms with Crippen molar-refractivity contribution in [2.45, 2.75) is 31.5 Å². The maximum absolute atomic E-state index is 12.1. The third-order valence-corrected chi connectivity index (χ3v) is 5.03. The van der Waals surface area contributed by atoms with Crippen molar-refractivity contribution in [3.05, 3.63) is 24.3 Å². The number of carbonyl (C=O) groups is 1. The molecule has 10 nitrogen and oxygen atoms in total. The van der Waals surface area contributed by atoms with Crippen LogP contribution in [0.1, 0.15) is 19.8 Å². The highest BCUT2D eigenvalue weighted by Gasteiger charge is 2.16. The number of thioether (sulfide) groups is 1. The Morgan fingerprint density at radius 3 is 2.93 bits per heavy atom. The predicted octanol–water partition coefficient (Wildman–Crippen LogP) is 2.48. The molecule has 1 amide bonds. The van der Waals surface area contributed by atoms with Crippen molar-refractivity contribution in [1.82, 2.24) is 30.1 Å². The monoisotopic (exact) mass is 398 g/mol. The molecule has 0 fully saturated rings. The van der Waals surface area contributed by atoms with Crippen LogP contribution in [0.5, 0.6) is 0 Å². The molecule has 0 unspecified atom stereocenters. The van der Waals surface area contributed by atoms with Gasteiger partial charge in [0.2, 0.25) is 22.7 Å². The number of nitrogen functional groups attached to an aromatic ring is 1. The number of para-hydroxylation sites is 1. The molecule has 0 aliphatic carbocycles. The van der Waals surface area contributed by atoms with E-state index < -0.39 is 0 Å². The number of benzene rings is 1. The number of nitrogens with one attached hydrogen (secondary N) is 1. The first kappa shape index (κ1) is 18.2. The van der Waals surface area contributed by atoms with Gasteiger partial charge >= 0.3 is 0 Å². The first-order valence-corrected chi connectivity index (χ1v) is 9.78. The van der Waals surface area contributed by atoms with E-state index >= 15 is 0 Å². The summed E-state index contributed by atoms with van der Waals surface area (Å²) in [6.45, 7) is 3.00. The molecule has 0 bridgehead atoms. The van der Waals surface area contributed by atoms with Gasteiger partial charge in [-0.25, -0.2) is 9.61 Å². The molecular weight excluding hydrogens is 380 g/mol. The molecule has 0 saturated carbocycles. The molecule has 0 spiro atoms. The largest absolute Gasteiger partial charge is 0.378 e. The number of unbranched alkanes of at least 4 members (excludes halogenated alkanes) is 1.